The maximum atomic E-state index is 14.3. The minimum Gasteiger partial charge on any atom is -0.481 e. The lowest BCUT2D eigenvalue weighted by molar-refractivity contribution is -0.196. The van der Waals surface area contributed by atoms with Gasteiger partial charge in [-0.25, -0.2) is 0 Å². The van der Waals surface area contributed by atoms with Crippen LogP contribution in [-0.4, -0.2) is 47.7 Å². The molecular formula is C31H47NO4. The maximum absolute atomic E-state index is 14.3. The number of carbonyl (C=O) groups is 3. The molecule has 0 radical (unpaired) electrons. The van der Waals surface area contributed by atoms with Crippen molar-refractivity contribution < 1.29 is 19.5 Å². The van der Waals surface area contributed by atoms with E-state index in [9.17, 15) is 19.5 Å². The molecular weight excluding hydrogens is 450 g/mol. The summed E-state index contributed by atoms with van der Waals surface area (Å²) < 4.78 is 0. The van der Waals surface area contributed by atoms with E-state index in [1.54, 1.807) is 0 Å². The van der Waals surface area contributed by atoms with Gasteiger partial charge in [0.25, 0.3) is 0 Å². The normalized spacial score (nSPS) is 50.3. The van der Waals surface area contributed by atoms with Crippen LogP contribution in [0, 0.1) is 51.2 Å². The fourth-order valence-corrected chi connectivity index (χ4v) is 10.7. The van der Waals surface area contributed by atoms with Crippen molar-refractivity contribution in [1.29, 1.82) is 0 Å². The highest BCUT2D eigenvalue weighted by Gasteiger charge is 2.68. The molecule has 10 unspecified atom stereocenters. The molecule has 5 nitrogen and oxygen atoms in total. The van der Waals surface area contributed by atoms with Gasteiger partial charge in [0.15, 0.2) is 5.78 Å². The zero-order chi connectivity index (χ0) is 26.3. The first-order valence-corrected chi connectivity index (χ1v) is 14.4. The molecule has 10 atom stereocenters. The Labute approximate surface area is 217 Å². The van der Waals surface area contributed by atoms with Crippen molar-refractivity contribution in [1.82, 2.24) is 4.90 Å². The van der Waals surface area contributed by atoms with Crippen molar-refractivity contribution in [2.75, 3.05) is 13.6 Å². The summed E-state index contributed by atoms with van der Waals surface area (Å²) in [7, 11) is 2.07. The quantitative estimate of drug-likeness (QED) is 0.499. The fraction of sp³-hybridized carbons (Fsp3) is 0.839. The van der Waals surface area contributed by atoms with Gasteiger partial charge in [-0.3, -0.25) is 14.5 Å². The molecule has 0 aromatic rings. The van der Waals surface area contributed by atoms with Gasteiger partial charge in [0.1, 0.15) is 6.29 Å². The Balaban J connectivity index is 1.52. The van der Waals surface area contributed by atoms with Crippen LogP contribution in [0.2, 0.25) is 0 Å². The SMILES string of the molecule is CC1C(N(C)CC=O)CCC2(C)C3C(=O)C=C4C5CC(C(=O)O)CCC5(C)CCC4C3(C)CCC12C. The number of carbonyl (C=O) groups excluding carboxylic acids is 2. The predicted octanol–water partition coefficient (Wildman–Crippen LogP) is 5.77. The number of likely N-dealkylation sites (N-methyl/N-ethyl adjacent to an activating group) is 1. The number of carboxylic acids is 1. The molecule has 5 rings (SSSR count). The zero-order valence-electron chi connectivity index (χ0n) is 23.3. The molecule has 0 heterocycles. The summed E-state index contributed by atoms with van der Waals surface area (Å²) in [6.07, 6.45) is 11.9. The van der Waals surface area contributed by atoms with Crippen molar-refractivity contribution >= 4 is 18.0 Å². The van der Waals surface area contributed by atoms with Crippen LogP contribution in [0.1, 0.15) is 92.4 Å². The lowest BCUT2D eigenvalue weighted by Gasteiger charge is -2.69. The summed E-state index contributed by atoms with van der Waals surface area (Å²) in [5, 5.41) is 9.80. The molecule has 5 aliphatic carbocycles. The van der Waals surface area contributed by atoms with Crippen molar-refractivity contribution in [2.24, 2.45) is 51.2 Å². The van der Waals surface area contributed by atoms with Crippen molar-refractivity contribution in [2.45, 2.75) is 98.4 Å². The van der Waals surface area contributed by atoms with Crippen LogP contribution >= 0.6 is 0 Å². The van der Waals surface area contributed by atoms with Gasteiger partial charge >= 0.3 is 5.97 Å². The highest BCUT2D eigenvalue weighted by atomic mass is 16.4. The van der Waals surface area contributed by atoms with Gasteiger partial charge in [-0.2, -0.15) is 0 Å². The predicted molar refractivity (Wildman–Crippen MR) is 140 cm³/mol. The van der Waals surface area contributed by atoms with Gasteiger partial charge in [-0.1, -0.05) is 40.2 Å². The molecule has 0 bridgehead atoms. The van der Waals surface area contributed by atoms with Gasteiger partial charge in [0.2, 0.25) is 0 Å². The molecule has 4 fully saturated rings. The molecule has 0 spiro atoms. The third kappa shape index (κ3) is 3.39. The van der Waals surface area contributed by atoms with Crippen molar-refractivity contribution in [3.05, 3.63) is 11.6 Å². The lowest BCUT2D eigenvalue weighted by Crippen LogP contribution is -2.66. The second kappa shape index (κ2) is 8.51. The van der Waals surface area contributed by atoms with E-state index >= 15 is 0 Å². The van der Waals surface area contributed by atoms with Crippen molar-refractivity contribution in [3.8, 4) is 0 Å². The summed E-state index contributed by atoms with van der Waals surface area (Å²) in [6.45, 7) is 12.4. The number of aldehydes is 1. The Bertz CT molecular complexity index is 989. The number of ketones is 1. The Morgan fingerprint density at radius 3 is 2.39 bits per heavy atom. The molecule has 0 amide bonds. The van der Waals surface area contributed by atoms with Crippen molar-refractivity contribution in [3.63, 3.8) is 0 Å². The first kappa shape index (κ1) is 26.1. The molecule has 0 aliphatic heterocycles. The second-order valence-electron chi connectivity index (χ2n) is 14.4. The van der Waals surface area contributed by atoms with Crippen LogP contribution in [0.4, 0.5) is 0 Å². The average Bonchev–Trinajstić information content (AvgIpc) is 2.80. The summed E-state index contributed by atoms with van der Waals surface area (Å²) in [5.41, 5.74) is 1.33. The van der Waals surface area contributed by atoms with Crippen LogP contribution in [0.5, 0.6) is 0 Å². The van der Waals surface area contributed by atoms with E-state index in [4.69, 9.17) is 0 Å². The topological polar surface area (TPSA) is 74.7 Å². The lowest BCUT2D eigenvalue weighted by atomic mass is 9.35. The van der Waals surface area contributed by atoms with E-state index in [0.29, 0.717) is 36.6 Å². The number of fused-ring (bicyclic) bond motifs is 7. The van der Waals surface area contributed by atoms with Crippen LogP contribution in [-0.2, 0) is 14.4 Å². The van der Waals surface area contributed by atoms with E-state index in [1.807, 2.05) is 6.08 Å². The average molecular weight is 498 g/mol. The number of hydrogen-bond donors (Lipinski definition) is 1. The van der Waals surface area contributed by atoms with E-state index in [0.717, 1.165) is 57.7 Å². The summed E-state index contributed by atoms with van der Waals surface area (Å²) in [6, 6.07) is 0.369. The summed E-state index contributed by atoms with van der Waals surface area (Å²) in [4.78, 5) is 39.7. The fourth-order valence-electron chi connectivity index (χ4n) is 10.7. The Morgan fingerprint density at radius 1 is 1.03 bits per heavy atom. The highest BCUT2D eigenvalue weighted by Crippen LogP contribution is 2.73. The highest BCUT2D eigenvalue weighted by molar-refractivity contribution is 5.95. The summed E-state index contributed by atoms with van der Waals surface area (Å²) >= 11 is 0. The molecule has 0 saturated heterocycles. The molecule has 0 aromatic carbocycles. The first-order valence-electron chi connectivity index (χ1n) is 14.4. The first-order chi connectivity index (χ1) is 16.8. The van der Waals surface area contributed by atoms with Gasteiger partial charge in [0.05, 0.1) is 12.5 Å². The van der Waals surface area contributed by atoms with Crippen LogP contribution < -0.4 is 0 Å². The third-order valence-corrected chi connectivity index (χ3v) is 13.2. The van der Waals surface area contributed by atoms with E-state index in [-0.39, 0.29) is 39.4 Å². The Kier molecular flexibility index (Phi) is 6.18. The van der Waals surface area contributed by atoms with E-state index in [2.05, 4.69) is 46.6 Å². The molecule has 4 saturated carbocycles. The minimum atomic E-state index is -0.669. The largest absolute Gasteiger partial charge is 0.481 e. The van der Waals surface area contributed by atoms with Gasteiger partial charge in [0, 0.05) is 12.0 Å². The van der Waals surface area contributed by atoms with Crippen LogP contribution in [0.15, 0.2) is 11.6 Å². The molecule has 5 aliphatic rings. The van der Waals surface area contributed by atoms with Crippen LogP contribution in [0.3, 0.4) is 0 Å². The molecule has 5 heteroatoms. The summed E-state index contributed by atoms with van der Waals surface area (Å²) in [5.74, 6) is 0.394. The number of nitrogens with zero attached hydrogens (tertiary/aromatic N) is 1. The van der Waals surface area contributed by atoms with Gasteiger partial charge in [-0.05, 0) is 110 Å². The number of carboxylic acid groups (broad SMARTS) is 1. The Morgan fingerprint density at radius 2 is 1.72 bits per heavy atom. The maximum Gasteiger partial charge on any atom is 0.306 e. The van der Waals surface area contributed by atoms with Gasteiger partial charge in [-0.15, -0.1) is 0 Å². The third-order valence-electron chi connectivity index (χ3n) is 13.2. The molecule has 200 valence electrons. The zero-order valence-corrected chi connectivity index (χ0v) is 23.3. The molecule has 0 aromatic heterocycles. The molecule has 1 N–H and O–H groups in total. The number of aliphatic carboxylic acids is 1. The standard InChI is InChI=1S/C31H47NO4/c1-19-24(32(6)15-16-33)9-12-31(5)26-25(34)18-21-22(29(26,3)13-14-30(19,31)4)8-11-28(2)10-7-20(27(35)36)17-23(21)28/h16,18-20,22-24,26H,7-15,17H2,1-6H3,(H,35,36). The monoisotopic (exact) mass is 497 g/mol. The number of rotatable bonds is 4. The number of hydrogen-bond acceptors (Lipinski definition) is 4. The number of allylic oxidation sites excluding steroid dienone is 2. The molecule has 36 heavy (non-hydrogen) atoms. The van der Waals surface area contributed by atoms with E-state index in [1.165, 1.54) is 5.57 Å². The second-order valence-corrected chi connectivity index (χ2v) is 14.4. The minimum absolute atomic E-state index is 0.0143. The Hall–Kier alpha value is -1.49. The van der Waals surface area contributed by atoms with Gasteiger partial charge < -0.3 is 9.90 Å². The smallest absolute Gasteiger partial charge is 0.306 e. The van der Waals surface area contributed by atoms with Crippen LogP contribution in [0.25, 0.3) is 0 Å². The van der Waals surface area contributed by atoms with E-state index < -0.39 is 5.97 Å².